The zero-order chi connectivity index (χ0) is 12.2. The second kappa shape index (κ2) is 5.69. The Morgan fingerprint density at radius 2 is 2.06 bits per heavy atom. The van der Waals surface area contributed by atoms with Gasteiger partial charge in [-0.2, -0.15) is 0 Å². The van der Waals surface area contributed by atoms with Crippen molar-refractivity contribution in [1.82, 2.24) is 5.32 Å². The number of hydrogen-bond donors (Lipinski definition) is 1. The lowest BCUT2D eigenvalue weighted by atomic mass is 9.95. The highest BCUT2D eigenvalue weighted by molar-refractivity contribution is 9.10. The highest BCUT2D eigenvalue weighted by Gasteiger charge is 2.25. The molecule has 1 rings (SSSR count). The van der Waals surface area contributed by atoms with Crippen molar-refractivity contribution in [1.29, 1.82) is 0 Å². The third-order valence-corrected chi connectivity index (χ3v) is 3.79. The minimum absolute atomic E-state index is 0.0294. The van der Waals surface area contributed by atoms with E-state index in [0.29, 0.717) is 12.4 Å². The fourth-order valence-corrected chi connectivity index (χ4v) is 1.66. The van der Waals surface area contributed by atoms with Gasteiger partial charge in [0, 0.05) is 16.9 Å². The smallest absolute Gasteiger partial charge is 0.227 e. The molecule has 1 amide bonds. The number of carbonyl (C=O) groups excluding carboxylic acids is 1. The maximum atomic E-state index is 11.8. The van der Waals surface area contributed by atoms with Gasteiger partial charge in [0.2, 0.25) is 5.91 Å². The van der Waals surface area contributed by atoms with Gasteiger partial charge in [0.05, 0.1) is 5.41 Å². The summed E-state index contributed by atoms with van der Waals surface area (Å²) >= 11 is 9.17. The zero-order valence-corrected chi connectivity index (χ0v) is 11.7. The first-order chi connectivity index (χ1) is 7.47. The molecule has 88 valence electrons. The lowest BCUT2D eigenvalue weighted by molar-refractivity contribution is -0.128. The van der Waals surface area contributed by atoms with Crippen molar-refractivity contribution in [3.05, 3.63) is 34.3 Å². The van der Waals surface area contributed by atoms with Crippen molar-refractivity contribution >= 4 is 33.4 Å². The Bertz CT molecular complexity index is 379. The minimum Gasteiger partial charge on any atom is -0.351 e. The Kier molecular flexibility index (Phi) is 4.81. The number of halogens is 2. The maximum Gasteiger partial charge on any atom is 0.227 e. The first-order valence-corrected chi connectivity index (χ1v) is 6.38. The first-order valence-electron chi connectivity index (χ1n) is 5.05. The quantitative estimate of drug-likeness (QED) is 0.849. The normalized spacial score (nSPS) is 11.2. The number of benzene rings is 1. The molecule has 0 saturated heterocycles. The lowest BCUT2D eigenvalue weighted by Gasteiger charge is -2.20. The highest BCUT2D eigenvalue weighted by atomic mass is 79.9. The zero-order valence-electron chi connectivity index (χ0n) is 9.39. The molecule has 0 radical (unpaired) electrons. The molecule has 0 bridgehead atoms. The number of nitrogens with one attached hydrogen (secondary N) is 1. The molecular weight excluding hydrogens is 289 g/mol. The summed E-state index contributed by atoms with van der Waals surface area (Å²) in [6, 6.07) is 7.81. The van der Waals surface area contributed by atoms with Crippen molar-refractivity contribution in [2.75, 3.05) is 5.88 Å². The largest absolute Gasteiger partial charge is 0.351 e. The van der Waals surface area contributed by atoms with Gasteiger partial charge in [-0.05, 0) is 25.5 Å². The molecule has 0 aliphatic carbocycles. The van der Waals surface area contributed by atoms with Gasteiger partial charge in [-0.15, -0.1) is 11.6 Å². The van der Waals surface area contributed by atoms with Gasteiger partial charge in [-0.1, -0.05) is 34.1 Å². The number of amides is 1. The fourth-order valence-electron chi connectivity index (χ4n) is 1.12. The molecule has 0 saturated carbocycles. The summed E-state index contributed by atoms with van der Waals surface area (Å²) in [6.07, 6.45) is 0. The number of alkyl halides is 1. The summed E-state index contributed by atoms with van der Waals surface area (Å²) < 4.78 is 0.999. The summed E-state index contributed by atoms with van der Waals surface area (Å²) in [6.45, 7) is 4.17. The molecule has 0 atom stereocenters. The minimum atomic E-state index is -0.525. The topological polar surface area (TPSA) is 29.1 Å². The molecule has 0 unspecified atom stereocenters. The van der Waals surface area contributed by atoms with Crippen LogP contribution in [0.4, 0.5) is 0 Å². The summed E-state index contributed by atoms with van der Waals surface area (Å²) in [4.78, 5) is 11.8. The molecule has 0 fully saturated rings. The molecule has 0 aromatic heterocycles. The summed E-state index contributed by atoms with van der Waals surface area (Å²) in [5, 5.41) is 2.88. The van der Waals surface area contributed by atoms with Crippen LogP contribution in [0.2, 0.25) is 0 Å². The second-order valence-corrected chi connectivity index (χ2v) is 5.41. The molecule has 0 spiro atoms. The van der Waals surface area contributed by atoms with Gasteiger partial charge in [0.25, 0.3) is 0 Å². The van der Waals surface area contributed by atoms with E-state index >= 15 is 0 Å². The van der Waals surface area contributed by atoms with Crippen LogP contribution in [0.25, 0.3) is 0 Å². The molecule has 4 heteroatoms. The van der Waals surface area contributed by atoms with E-state index in [1.54, 1.807) is 0 Å². The van der Waals surface area contributed by atoms with E-state index in [1.165, 1.54) is 0 Å². The predicted octanol–water partition coefficient (Wildman–Crippen LogP) is 3.33. The van der Waals surface area contributed by atoms with Crippen LogP contribution in [0.3, 0.4) is 0 Å². The summed E-state index contributed by atoms with van der Waals surface area (Å²) in [7, 11) is 0. The van der Waals surface area contributed by atoms with Crippen molar-refractivity contribution in [2.24, 2.45) is 5.41 Å². The third kappa shape index (κ3) is 3.49. The van der Waals surface area contributed by atoms with Crippen LogP contribution in [0.15, 0.2) is 28.7 Å². The second-order valence-electron chi connectivity index (χ2n) is 4.29. The Hall–Kier alpha value is -0.540. The molecule has 16 heavy (non-hydrogen) atoms. The fraction of sp³-hybridized carbons (Fsp3) is 0.417. The molecule has 1 aromatic rings. The van der Waals surface area contributed by atoms with E-state index in [9.17, 15) is 4.79 Å². The predicted molar refractivity (Wildman–Crippen MR) is 70.5 cm³/mol. The van der Waals surface area contributed by atoms with E-state index < -0.39 is 5.41 Å². The molecule has 1 aromatic carbocycles. The van der Waals surface area contributed by atoms with Crippen molar-refractivity contribution < 1.29 is 4.79 Å². The van der Waals surface area contributed by atoms with Crippen LogP contribution in [0, 0.1) is 5.41 Å². The van der Waals surface area contributed by atoms with Crippen molar-refractivity contribution in [2.45, 2.75) is 20.4 Å². The standard InChI is InChI=1S/C12H15BrClNO/c1-12(2,8-14)11(16)15-7-9-5-3-4-6-10(9)13/h3-6H,7-8H2,1-2H3,(H,15,16). The van der Waals surface area contributed by atoms with Crippen LogP contribution < -0.4 is 5.32 Å². The molecule has 0 heterocycles. The summed E-state index contributed by atoms with van der Waals surface area (Å²) in [5.74, 6) is 0.285. The molecule has 2 nitrogen and oxygen atoms in total. The number of rotatable bonds is 4. The van der Waals surface area contributed by atoms with Crippen LogP contribution in [0.5, 0.6) is 0 Å². The van der Waals surface area contributed by atoms with Crippen molar-refractivity contribution in [3.8, 4) is 0 Å². The van der Waals surface area contributed by atoms with Crippen LogP contribution in [-0.2, 0) is 11.3 Å². The van der Waals surface area contributed by atoms with Gasteiger partial charge < -0.3 is 5.32 Å². The molecular formula is C12H15BrClNO. The monoisotopic (exact) mass is 303 g/mol. The first kappa shape index (κ1) is 13.5. The third-order valence-electron chi connectivity index (χ3n) is 2.35. The van der Waals surface area contributed by atoms with Gasteiger partial charge >= 0.3 is 0 Å². The Labute approximate surface area is 110 Å². The Morgan fingerprint density at radius 3 is 2.62 bits per heavy atom. The van der Waals surface area contributed by atoms with Crippen LogP contribution >= 0.6 is 27.5 Å². The maximum absolute atomic E-state index is 11.8. The molecule has 1 N–H and O–H groups in total. The molecule has 0 aliphatic rings. The van der Waals surface area contributed by atoms with Gasteiger partial charge in [0.15, 0.2) is 0 Å². The van der Waals surface area contributed by atoms with Gasteiger partial charge in [-0.3, -0.25) is 4.79 Å². The van der Waals surface area contributed by atoms with Crippen LogP contribution in [0.1, 0.15) is 19.4 Å². The number of hydrogen-bond acceptors (Lipinski definition) is 1. The number of carbonyl (C=O) groups is 1. The SMILES string of the molecule is CC(C)(CCl)C(=O)NCc1ccccc1Br. The van der Waals surface area contributed by atoms with Gasteiger partial charge in [0.1, 0.15) is 0 Å². The Balaban J connectivity index is 2.59. The average Bonchev–Trinajstić information content (AvgIpc) is 2.27. The van der Waals surface area contributed by atoms with E-state index in [0.717, 1.165) is 10.0 Å². The van der Waals surface area contributed by atoms with E-state index in [2.05, 4.69) is 21.2 Å². The lowest BCUT2D eigenvalue weighted by Crippen LogP contribution is -2.37. The summed E-state index contributed by atoms with van der Waals surface area (Å²) in [5.41, 5.74) is 0.532. The van der Waals surface area contributed by atoms with Crippen LogP contribution in [-0.4, -0.2) is 11.8 Å². The molecule has 0 aliphatic heterocycles. The Morgan fingerprint density at radius 1 is 1.44 bits per heavy atom. The van der Waals surface area contributed by atoms with E-state index in [-0.39, 0.29) is 5.91 Å². The highest BCUT2D eigenvalue weighted by Crippen LogP contribution is 2.19. The van der Waals surface area contributed by atoms with Gasteiger partial charge in [-0.25, -0.2) is 0 Å². The average molecular weight is 305 g/mol. The van der Waals surface area contributed by atoms with E-state index in [4.69, 9.17) is 11.6 Å². The van der Waals surface area contributed by atoms with E-state index in [1.807, 2.05) is 38.1 Å². The van der Waals surface area contributed by atoms with Crippen molar-refractivity contribution in [3.63, 3.8) is 0 Å².